The monoisotopic (exact) mass is 361 g/mol. The van der Waals surface area contributed by atoms with E-state index in [1.165, 1.54) is 37.4 Å². The van der Waals surface area contributed by atoms with Crippen LogP contribution in [0.2, 0.25) is 0 Å². The fourth-order valence-corrected chi connectivity index (χ4v) is 3.87. The minimum absolute atomic E-state index is 0.0209. The van der Waals surface area contributed by atoms with Crippen molar-refractivity contribution in [2.45, 2.75) is 45.1 Å². The highest BCUT2D eigenvalue weighted by Crippen LogP contribution is 2.14. The predicted molar refractivity (Wildman–Crippen MR) is 107 cm³/mol. The van der Waals surface area contributed by atoms with Gasteiger partial charge in [0.2, 0.25) is 0 Å². The summed E-state index contributed by atoms with van der Waals surface area (Å²) in [5.41, 5.74) is 0.637. The molecule has 1 aromatic rings. The van der Waals surface area contributed by atoms with E-state index in [0.717, 1.165) is 25.8 Å². The highest BCUT2D eigenvalue weighted by atomic mass is 32.2. The number of benzene rings is 1. The average Bonchev–Trinajstić information content (AvgIpc) is 2.66. The zero-order chi connectivity index (χ0) is 17.7. The molecule has 2 rings (SSSR count). The molecule has 1 aliphatic heterocycles. The molecule has 1 fully saturated rings. The molecule has 1 heterocycles. The number of esters is 1. The Labute approximate surface area is 156 Å². The zero-order valence-electron chi connectivity index (χ0n) is 15.4. The smallest absolute Gasteiger partial charge is 0.338 e. The minimum Gasteiger partial charge on any atom is -0.458 e. The van der Waals surface area contributed by atoms with Gasteiger partial charge in [0, 0.05) is 37.6 Å². The Bertz CT molecular complexity index is 512. The summed E-state index contributed by atoms with van der Waals surface area (Å²) in [6, 6.07) is 9.29. The van der Waals surface area contributed by atoms with Crippen LogP contribution >= 0.6 is 11.8 Å². The van der Waals surface area contributed by atoms with Gasteiger partial charge < -0.3 is 4.74 Å². The van der Waals surface area contributed by atoms with Crippen LogP contribution in [-0.4, -0.2) is 48.1 Å². The Morgan fingerprint density at radius 1 is 1.20 bits per heavy atom. The SMILES string of the molecule is CCCCCC(C/C=C/CN1CCSCC1)OC(=O)c1ccccc1. The quantitative estimate of drug-likeness (QED) is 0.340. The molecule has 0 aromatic heterocycles. The largest absolute Gasteiger partial charge is 0.458 e. The van der Waals surface area contributed by atoms with Gasteiger partial charge in [0.25, 0.3) is 0 Å². The van der Waals surface area contributed by atoms with Crippen LogP contribution < -0.4 is 0 Å². The first kappa shape index (κ1) is 20.1. The predicted octanol–water partition coefficient (Wildman–Crippen LogP) is 4.79. The molecule has 25 heavy (non-hydrogen) atoms. The lowest BCUT2D eigenvalue weighted by molar-refractivity contribution is 0.0283. The fraction of sp³-hybridized carbons (Fsp3) is 0.571. The highest BCUT2D eigenvalue weighted by molar-refractivity contribution is 7.99. The van der Waals surface area contributed by atoms with Gasteiger partial charge in [0.1, 0.15) is 6.10 Å². The van der Waals surface area contributed by atoms with Crippen LogP contribution in [0.1, 0.15) is 49.4 Å². The standard InChI is InChI=1S/C21H31NO2S/c1-2-3-5-12-20(24-21(23)19-10-6-4-7-11-19)13-8-9-14-22-15-17-25-18-16-22/h4,6-11,20H,2-3,5,12-18H2,1H3/b9-8+. The molecule has 0 radical (unpaired) electrons. The maximum atomic E-state index is 12.3. The second kappa shape index (κ2) is 12.2. The maximum absolute atomic E-state index is 12.3. The molecule has 1 atom stereocenters. The third-order valence-corrected chi connectivity index (χ3v) is 5.39. The van der Waals surface area contributed by atoms with E-state index in [9.17, 15) is 4.79 Å². The van der Waals surface area contributed by atoms with Crippen molar-refractivity contribution in [2.24, 2.45) is 0 Å². The van der Waals surface area contributed by atoms with E-state index < -0.39 is 0 Å². The average molecular weight is 362 g/mol. The van der Waals surface area contributed by atoms with Crippen LogP contribution in [0.3, 0.4) is 0 Å². The molecule has 0 bridgehead atoms. The van der Waals surface area contributed by atoms with E-state index in [0.29, 0.717) is 5.56 Å². The Balaban J connectivity index is 1.80. The summed E-state index contributed by atoms with van der Waals surface area (Å²) in [4.78, 5) is 14.8. The summed E-state index contributed by atoms with van der Waals surface area (Å²) >= 11 is 2.04. The molecule has 1 unspecified atom stereocenters. The van der Waals surface area contributed by atoms with Crippen molar-refractivity contribution in [1.82, 2.24) is 4.90 Å². The number of carbonyl (C=O) groups excluding carboxylic acids is 1. The molecule has 4 heteroatoms. The van der Waals surface area contributed by atoms with Gasteiger partial charge in [-0.3, -0.25) is 4.90 Å². The van der Waals surface area contributed by atoms with Crippen LogP contribution in [0.5, 0.6) is 0 Å². The summed E-state index contributed by atoms with van der Waals surface area (Å²) in [7, 11) is 0. The van der Waals surface area contributed by atoms with Crippen LogP contribution in [-0.2, 0) is 4.74 Å². The molecular formula is C21H31NO2S. The number of hydrogen-bond acceptors (Lipinski definition) is 4. The van der Waals surface area contributed by atoms with E-state index in [1.54, 1.807) is 0 Å². The number of rotatable bonds is 10. The summed E-state index contributed by atoms with van der Waals surface area (Å²) in [5, 5.41) is 0. The summed E-state index contributed by atoms with van der Waals surface area (Å²) in [5.74, 6) is 2.27. The van der Waals surface area contributed by atoms with Gasteiger partial charge in [0.15, 0.2) is 0 Å². The Morgan fingerprint density at radius 2 is 1.96 bits per heavy atom. The second-order valence-electron chi connectivity index (χ2n) is 6.51. The van der Waals surface area contributed by atoms with Crippen molar-refractivity contribution >= 4 is 17.7 Å². The number of hydrogen-bond donors (Lipinski definition) is 0. The molecule has 3 nitrogen and oxygen atoms in total. The molecule has 138 valence electrons. The van der Waals surface area contributed by atoms with Crippen molar-refractivity contribution in [2.75, 3.05) is 31.1 Å². The normalized spacial score (nSPS) is 16.8. The molecule has 0 saturated carbocycles. The lowest BCUT2D eigenvalue weighted by Gasteiger charge is -2.24. The lowest BCUT2D eigenvalue weighted by Crippen LogP contribution is -2.32. The van der Waals surface area contributed by atoms with Crippen molar-refractivity contribution in [3.8, 4) is 0 Å². The van der Waals surface area contributed by atoms with Gasteiger partial charge in [0.05, 0.1) is 5.56 Å². The lowest BCUT2D eigenvalue weighted by atomic mass is 10.1. The van der Waals surface area contributed by atoms with Crippen molar-refractivity contribution in [3.63, 3.8) is 0 Å². The summed E-state index contributed by atoms with van der Waals surface area (Å²) in [6.45, 7) is 5.56. The van der Waals surface area contributed by atoms with Gasteiger partial charge >= 0.3 is 5.97 Å². The molecule has 1 aliphatic rings. The van der Waals surface area contributed by atoms with Gasteiger partial charge in [-0.15, -0.1) is 0 Å². The minimum atomic E-state index is -0.205. The molecule has 0 amide bonds. The van der Waals surface area contributed by atoms with E-state index in [4.69, 9.17) is 4.74 Å². The van der Waals surface area contributed by atoms with Crippen LogP contribution in [0, 0.1) is 0 Å². The second-order valence-corrected chi connectivity index (χ2v) is 7.73. The van der Waals surface area contributed by atoms with E-state index >= 15 is 0 Å². The first-order valence-electron chi connectivity index (χ1n) is 9.50. The molecule has 0 N–H and O–H groups in total. The third-order valence-electron chi connectivity index (χ3n) is 4.45. The van der Waals surface area contributed by atoms with Crippen molar-refractivity contribution < 1.29 is 9.53 Å². The number of unbranched alkanes of at least 4 members (excludes halogenated alkanes) is 2. The number of carbonyl (C=O) groups is 1. The summed E-state index contributed by atoms with van der Waals surface area (Å²) in [6.07, 6.45) is 9.64. The highest BCUT2D eigenvalue weighted by Gasteiger charge is 2.14. The fourth-order valence-electron chi connectivity index (χ4n) is 2.90. The zero-order valence-corrected chi connectivity index (χ0v) is 16.2. The van der Waals surface area contributed by atoms with E-state index in [-0.39, 0.29) is 12.1 Å². The molecule has 1 aromatic carbocycles. The van der Waals surface area contributed by atoms with Gasteiger partial charge in [-0.2, -0.15) is 11.8 Å². The third kappa shape index (κ3) is 8.10. The summed E-state index contributed by atoms with van der Waals surface area (Å²) < 4.78 is 5.77. The maximum Gasteiger partial charge on any atom is 0.338 e. The van der Waals surface area contributed by atoms with E-state index in [1.807, 2.05) is 42.1 Å². The molecule has 1 saturated heterocycles. The van der Waals surface area contributed by atoms with Gasteiger partial charge in [-0.05, 0) is 25.0 Å². The van der Waals surface area contributed by atoms with Crippen LogP contribution in [0.4, 0.5) is 0 Å². The Hall–Kier alpha value is -1.26. The number of nitrogens with zero attached hydrogens (tertiary/aromatic N) is 1. The Morgan fingerprint density at radius 3 is 2.68 bits per heavy atom. The van der Waals surface area contributed by atoms with Crippen LogP contribution in [0.25, 0.3) is 0 Å². The van der Waals surface area contributed by atoms with E-state index in [2.05, 4.69) is 24.0 Å². The van der Waals surface area contributed by atoms with Crippen molar-refractivity contribution in [1.29, 1.82) is 0 Å². The number of thioether (sulfide) groups is 1. The van der Waals surface area contributed by atoms with Crippen LogP contribution in [0.15, 0.2) is 42.5 Å². The van der Waals surface area contributed by atoms with Gasteiger partial charge in [-0.25, -0.2) is 4.79 Å². The first-order chi connectivity index (χ1) is 12.3. The Kier molecular flexibility index (Phi) is 9.75. The number of ether oxygens (including phenoxy) is 1. The topological polar surface area (TPSA) is 29.5 Å². The van der Waals surface area contributed by atoms with Crippen molar-refractivity contribution in [3.05, 3.63) is 48.0 Å². The molecule has 0 aliphatic carbocycles. The molecule has 0 spiro atoms. The molecular weight excluding hydrogens is 330 g/mol. The first-order valence-corrected chi connectivity index (χ1v) is 10.7. The van der Waals surface area contributed by atoms with Gasteiger partial charge in [-0.1, -0.05) is 50.1 Å².